The van der Waals surface area contributed by atoms with Crippen LogP contribution in [0.15, 0.2) is 24.5 Å². The SMILES string of the molecule is CCCCS(=O)(=O)NC(C(=O)O)C1CCC(CCN2CCN(c3ccncc3)CC2)CC1. The number of piperazine rings is 1. The number of pyridine rings is 1. The van der Waals surface area contributed by atoms with Gasteiger partial charge in [-0.25, -0.2) is 13.1 Å². The summed E-state index contributed by atoms with van der Waals surface area (Å²) in [4.78, 5) is 20.8. The molecular weight excluding hydrogens is 428 g/mol. The van der Waals surface area contributed by atoms with Crippen molar-refractivity contribution >= 4 is 21.7 Å². The van der Waals surface area contributed by atoms with Crippen LogP contribution in [0.2, 0.25) is 0 Å². The Morgan fingerprint density at radius 3 is 2.41 bits per heavy atom. The molecule has 0 amide bonds. The van der Waals surface area contributed by atoms with Crippen molar-refractivity contribution in [3.63, 3.8) is 0 Å². The van der Waals surface area contributed by atoms with Gasteiger partial charge >= 0.3 is 5.97 Å². The molecule has 1 saturated heterocycles. The monoisotopic (exact) mass is 466 g/mol. The van der Waals surface area contributed by atoms with Crippen LogP contribution >= 0.6 is 0 Å². The average Bonchev–Trinajstić information content (AvgIpc) is 2.81. The first-order valence-corrected chi connectivity index (χ1v) is 13.6. The predicted octanol–water partition coefficient (Wildman–Crippen LogP) is 2.57. The quantitative estimate of drug-likeness (QED) is 0.517. The van der Waals surface area contributed by atoms with Gasteiger partial charge in [-0.15, -0.1) is 0 Å². The highest BCUT2D eigenvalue weighted by molar-refractivity contribution is 7.89. The topological polar surface area (TPSA) is 103 Å². The van der Waals surface area contributed by atoms with E-state index in [-0.39, 0.29) is 11.7 Å². The molecule has 1 aliphatic heterocycles. The summed E-state index contributed by atoms with van der Waals surface area (Å²) in [6.07, 6.45) is 9.60. The zero-order chi connectivity index (χ0) is 23.0. The van der Waals surface area contributed by atoms with Crippen molar-refractivity contribution in [3.8, 4) is 0 Å². The lowest BCUT2D eigenvalue weighted by molar-refractivity contribution is -0.140. The van der Waals surface area contributed by atoms with E-state index in [1.807, 2.05) is 19.3 Å². The molecule has 180 valence electrons. The van der Waals surface area contributed by atoms with Crippen molar-refractivity contribution in [1.29, 1.82) is 0 Å². The molecule has 0 spiro atoms. The summed E-state index contributed by atoms with van der Waals surface area (Å²) >= 11 is 0. The highest BCUT2D eigenvalue weighted by Gasteiger charge is 2.34. The van der Waals surface area contributed by atoms with Gasteiger partial charge in [-0.3, -0.25) is 14.7 Å². The van der Waals surface area contributed by atoms with Crippen LogP contribution in [0.3, 0.4) is 0 Å². The Balaban J connectivity index is 1.39. The maximum atomic E-state index is 12.2. The van der Waals surface area contributed by atoms with E-state index in [2.05, 4.69) is 31.6 Å². The number of aliphatic carboxylic acids is 1. The number of carbonyl (C=O) groups is 1. The van der Waals surface area contributed by atoms with Crippen LogP contribution in [0.1, 0.15) is 51.9 Å². The normalized spacial score (nSPS) is 23.7. The van der Waals surface area contributed by atoms with Crippen molar-refractivity contribution in [3.05, 3.63) is 24.5 Å². The first-order valence-electron chi connectivity index (χ1n) is 12.0. The molecule has 3 rings (SSSR count). The largest absolute Gasteiger partial charge is 0.480 e. The molecule has 1 aliphatic carbocycles. The van der Waals surface area contributed by atoms with E-state index in [9.17, 15) is 18.3 Å². The number of nitrogens with zero attached hydrogens (tertiary/aromatic N) is 3. The van der Waals surface area contributed by atoms with Crippen molar-refractivity contribution in [1.82, 2.24) is 14.6 Å². The molecule has 1 saturated carbocycles. The first kappa shape index (κ1) is 24.9. The minimum atomic E-state index is -3.55. The first-order chi connectivity index (χ1) is 15.4. The molecule has 0 bridgehead atoms. The highest BCUT2D eigenvalue weighted by atomic mass is 32.2. The van der Waals surface area contributed by atoms with E-state index in [4.69, 9.17) is 0 Å². The summed E-state index contributed by atoms with van der Waals surface area (Å²) in [5.74, 6) is -0.586. The lowest BCUT2D eigenvalue weighted by atomic mass is 9.77. The van der Waals surface area contributed by atoms with Crippen molar-refractivity contribution in [2.75, 3.05) is 43.4 Å². The zero-order valence-electron chi connectivity index (χ0n) is 19.2. The number of unbranched alkanes of at least 4 members (excludes halogenated alkanes) is 1. The predicted molar refractivity (Wildman–Crippen MR) is 126 cm³/mol. The fraction of sp³-hybridized carbons (Fsp3) is 0.739. The van der Waals surface area contributed by atoms with Crippen LogP contribution in [0.5, 0.6) is 0 Å². The lowest BCUT2D eigenvalue weighted by Gasteiger charge is -2.37. The molecule has 2 fully saturated rings. The van der Waals surface area contributed by atoms with Gasteiger partial charge < -0.3 is 10.0 Å². The van der Waals surface area contributed by atoms with Gasteiger partial charge in [0, 0.05) is 44.3 Å². The second-order valence-corrected chi connectivity index (χ2v) is 11.1. The van der Waals surface area contributed by atoms with E-state index in [0.29, 0.717) is 12.3 Å². The number of hydrogen-bond acceptors (Lipinski definition) is 6. The number of hydrogen-bond donors (Lipinski definition) is 2. The minimum absolute atomic E-state index is 0.00293. The van der Waals surface area contributed by atoms with Gasteiger partial charge in [0.15, 0.2) is 0 Å². The summed E-state index contributed by atoms with van der Waals surface area (Å²) in [6, 6.07) is 3.12. The van der Waals surface area contributed by atoms with Gasteiger partial charge in [0.05, 0.1) is 5.75 Å². The molecule has 1 unspecified atom stereocenters. The summed E-state index contributed by atoms with van der Waals surface area (Å²) in [5, 5.41) is 9.62. The van der Waals surface area contributed by atoms with Gasteiger partial charge in [-0.2, -0.15) is 0 Å². The fourth-order valence-corrected chi connectivity index (χ4v) is 6.36. The summed E-state index contributed by atoms with van der Waals surface area (Å²) in [6.45, 7) is 7.15. The third kappa shape index (κ3) is 7.42. The third-order valence-electron chi connectivity index (χ3n) is 6.96. The van der Waals surface area contributed by atoms with Gasteiger partial charge in [0.25, 0.3) is 0 Å². The van der Waals surface area contributed by atoms with E-state index >= 15 is 0 Å². The Morgan fingerprint density at radius 2 is 1.81 bits per heavy atom. The van der Waals surface area contributed by atoms with Crippen LogP contribution in [0.4, 0.5) is 5.69 Å². The number of carboxylic acids is 1. The number of aromatic nitrogens is 1. The Hall–Kier alpha value is -1.71. The second-order valence-electron chi connectivity index (χ2n) is 9.21. The molecular formula is C23H38N4O4S. The Kier molecular flexibility index (Phi) is 9.31. The average molecular weight is 467 g/mol. The van der Waals surface area contributed by atoms with Crippen LogP contribution in [-0.2, 0) is 14.8 Å². The molecule has 1 aromatic rings. The number of carboxylic acid groups (broad SMARTS) is 1. The van der Waals surface area contributed by atoms with Gasteiger partial charge in [-0.05, 0) is 56.2 Å². The number of sulfonamides is 1. The number of rotatable bonds is 11. The molecule has 2 N–H and O–H groups in total. The second kappa shape index (κ2) is 12.0. The van der Waals surface area contributed by atoms with Crippen LogP contribution < -0.4 is 9.62 Å². The summed E-state index contributed by atoms with van der Waals surface area (Å²) in [5.41, 5.74) is 1.23. The molecule has 9 heteroatoms. The van der Waals surface area contributed by atoms with Crippen molar-refractivity contribution in [2.24, 2.45) is 11.8 Å². The van der Waals surface area contributed by atoms with E-state index in [0.717, 1.165) is 71.2 Å². The fourth-order valence-electron chi connectivity index (χ4n) is 4.89. The molecule has 8 nitrogen and oxygen atoms in total. The van der Waals surface area contributed by atoms with E-state index < -0.39 is 22.0 Å². The molecule has 2 heterocycles. The summed E-state index contributed by atoms with van der Waals surface area (Å²) < 4.78 is 26.9. The Bertz CT molecular complexity index is 805. The third-order valence-corrected chi connectivity index (χ3v) is 8.39. The van der Waals surface area contributed by atoms with Gasteiger partial charge in [0.1, 0.15) is 6.04 Å². The van der Waals surface area contributed by atoms with Crippen molar-refractivity contribution in [2.45, 2.75) is 57.9 Å². The highest BCUT2D eigenvalue weighted by Crippen LogP contribution is 2.33. The van der Waals surface area contributed by atoms with Gasteiger partial charge in [0.2, 0.25) is 10.0 Å². The zero-order valence-corrected chi connectivity index (χ0v) is 20.0. The maximum Gasteiger partial charge on any atom is 0.322 e. The maximum absolute atomic E-state index is 12.2. The van der Waals surface area contributed by atoms with E-state index in [1.165, 1.54) is 5.69 Å². The van der Waals surface area contributed by atoms with Crippen LogP contribution in [0.25, 0.3) is 0 Å². The number of anilines is 1. The molecule has 0 aromatic carbocycles. The molecule has 1 aromatic heterocycles. The van der Waals surface area contributed by atoms with Crippen LogP contribution in [-0.4, -0.2) is 73.9 Å². The van der Waals surface area contributed by atoms with Crippen molar-refractivity contribution < 1.29 is 18.3 Å². The molecule has 2 aliphatic rings. The van der Waals surface area contributed by atoms with Crippen LogP contribution in [0, 0.1) is 11.8 Å². The lowest BCUT2D eigenvalue weighted by Crippen LogP contribution is -2.48. The Morgan fingerprint density at radius 1 is 1.16 bits per heavy atom. The minimum Gasteiger partial charge on any atom is -0.480 e. The molecule has 0 radical (unpaired) electrons. The standard InChI is InChI=1S/C23H38N4O4S/c1-2-3-18-32(30,31)25-22(23(28)29)20-6-4-19(5-7-20)10-13-26-14-16-27(17-15-26)21-8-11-24-12-9-21/h8-9,11-12,19-20,22,25H,2-7,10,13-18H2,1H3,(H,28,29). The number of nitrogens with one attached hydrogen (secondary N) is 1. The smallest absolute Gasteiger partial charge is 0.322 e. The summed E-state index contributed by atoms with van der Waals surface area (Å²) in [7, 11) is -3.55. The molecule has 32 heavy (non-hydrogen) atoms. The molecule has 1 atom stereocenters. The van der Waals surface area contributed by atoms with Gasteiger partial charge in [-0.1, -0.05) is 26.2 Å². The van der Waals surface area contributed by atoms with E-state index in [1.54, 1.807) is 0 Å². The Labute approximate surface area is 192 Å².